The van der Waals surface area contributed by atoms with Crippen molar-refractivity contribution in [2.75, 3.05) is 18.9 Å². The van der Waals surface area contributed by atoms with Crippen LogP contribution < -0.4 is 10.6 Å². The van der Waals surface area contributed by atoms with Crippen molar-refractivity contribution in [3.05, 3.63) is 24.0 Å². The maximum atomic E-state index is 12.1. The van der Waals surface area contributed by atoms with Gasteiger partial charge in [-0.2, -0.15) is 0 Å². The Kier molecular flexibility index (Phi) is 6.49. The van der Waals surface area contributed by atoms with Crippen molar-refractivity contribution in [2.24, 2.45) is 5.41 Å². The average molecular weight is 277 g/mol. The lowest BCUT2D eigenvalue weighted by Crippen LogP contribution is -2.34. The van der Waals surface area contributed by atoms with E-state index in [1.165, 1.54) is 19.3 Å². The van der Waals surface area contributed by atoms with Gasteiger partial charge < -0.3 is 10.6 Å². The highest BCUT2D eigenvalue weighted by atomic mass is 16.1. The van der Waals surface area contributed by atoms with Gasteiger partial charge in [-0.3, -0.25) is 9.78 Å². The van der Waals surface area contributed by atoms with E-state index in [0.717, 1.165) is 12.1 Å². The van der Waals surface area contributed by atoms with Crippen LogP contribution in [0.4, 0.5) is 5.69 Å². The van der Waals surface area contributed by atoms with Gasteiger partial charge >= 0.3 is 0 Å². The Bertz CT molecular complexity index is 429. The number of hydrogen-bond acceptors (Lipinski definition) is 3. The average Bonchev–Trinajstić information content (AvgIpc) is 2.45. The van der Waals surface area contributed by atoms with Crippen molar-refractivity contribution in [1.29, 1.82) is 0 Å². The summed E-state index contributed by atoms with van der Waals surface area (Å²) in [5.41, 5.74) is 1.49. The van der Waals surface area contributed by atoms with E-state index >= 15 is 0 Å². The minimum Gasteiger partial charge on any atom is -0.388 e. The summed E-state index contributed by atoms with van der Waals surface area (Å²) in [6.45, 7) is 7.27. The number of nitrogens with one attached hydrogen (secondary N) is 2. The molecule has 0 unspecified atom stereocenters. The van der Waals surface area contributed by atoms with Gasteiger partial charge in [-0.05, 0) is 24.0 Å². The van der Waals surface area contributed by atoms with Crippen LogP contribution in [0.1, 0.15) is 56.9 Å². The molecular formula is C16H27N3O. The highest BCUT2D eigenvalue weighted by Gasteiger charge is 2.19. The number of nitrogens with zero attached hydrogens (tertiary/aromatic N) is 1. The first-order valence-electron chi connectivity index (χ1n) is 7.40. The van der Waals surface area contributed by atoms with Crippen molar-refractivity contribution in [3.63, 3.8) is 0 Å². The van der Waals surface area contributed by atoms with E-state index in [-0.39, 0.29) is 11.3 Å². The Morgan fingerprint density at radius 3 is 2.75 bits per heavy atom. The Hall–Kier alpha value is -1.58. The first kappa shape index (κ1) is 16.5. The number of hydrogen-bond donors (Lipinski definition) is 2. The van der Waals surface area contributed by atoms with Gasteiger partial charge in [0.1, 0.15) is 5.69 Å². The number of amides is 1. The van der Waals surface area contributed by atoms with Crippen LogP contribution in [0.5, 0.6) is 0 Å². The van der Waals surface area contributed by atoms with Crippen molar-refractivity contribution in [1.82, 2.24) is 10.3 Å². The Morgan fingerprint density at radius 1 is 1.35 bits per heavy atom. The van der Waals surface area contributed by atoms with Gasteiger partial charge in [0.25, 0.3) is 5.91 Å². The first-order valence-corrected chi connectivity index (χ1v) is 7.40. The van der Waals surface area contributed by atoms with Gasteiger partial charge in [-0.1, -0.05) is 40.0 Å². The molecule has 1 aromatic rings. The summed E-state index contributed by atoms with van der Waals surface area (Å²) in [6.07, 6.45) is 6.47. The smallest absolute Gasteiger partial charge is 0.269 e. The van der Waals surface area contributed by atoms with Crippen LogP contribution >= 0.6 is 0 Å². The van der Waals surface area contributed by atoms with E-state index in [9.17, 15) is 4.79 Å². The molecule has 1 amide bonds. The Labute approximate surface area is 122 Å². The standard InChI is InChI=1S/C16H27N3O/c1-5-6-7-9-16(2,3)12-19-15(20)14-11-13(17-4)8-10-18-14/h8,10-11H,5-7,9,12H2,1-4H3,(H,17,18)(H,19,20). The summed E-state index contributed by atoms with van der Waals surface area (Å²) >= 11 is 0. The highest BCUT2D eigenvalue weighted by Crippen LogP contribution is 2.22. The lowest BCUT2D eigenvalue weighted by atomic mass is 9.87. The molecule has 0 atom stereocenters. The molecule has 4 nitrogen and oxygen atoms in total. The number of aromatic nitrogens is 1. The van der Waals surface area contributed by atoms with Crippen LogP contribution in [0, 0.1) is 5.41 Å². The van der Waals surface area contributed by atoms with Crippen LogP contribution in [-0.2, 0) is 0 Å². The molecule has 112 valence electrons. The summed E-state index contributed by atoms with van der Waals surface area (Å²) in [5.74, 6) is -0.106. The molecular weight excluding hydrogens is 250 g/mol. The molecule has 0 aliphatic heterocycles. The van der Waals surface area contributed by atoms with Crippen LogP contribution in [0.2, 0.25) is 0 Å². The van der Waals surface area contributed by atoms with Gasteiger partial charge in [0.2, 0.25) is 0 Å². The van der Waals surface area contributed by atoms with Gasteiger partial charge in [-0.15, -0.1) is 0 Å². The normalized spacial score (nSPS) is 11.2. The summed E-state index contributed by atoms with van der Waals surface area (Å²) in [4.78, 5) is 16.2. The zero-order valence-electron chi connectivity index (χ0n) is 13.1. The molecule has 20 heavy (non-hydrogen) atoms. The first-order chi connectivity index (χ1) is 9.48. The fourth-order valence-electron chi connectivity index (χ4n) is 2.06. The second kappa shape index (κ2) is 7.88. The molecule has 0 bridgehead atoms. The summed E-state index contributed by atoms with van der Waals surface area (Å²) in [7, 11) is 1.83. The van der Waals surface area contributed by atoms with Gasteiger partial charge in [0.15, 0.2) is 0 Å². The molecule has 1 aromatic heterocycles. The minimum atomic E-state index is -0.106. The topological polar surface area (TPSA) is 54.0 Å². The molecule has 0 saturated carbocycles. The van der Waals surface area contributed by atoms with Crippen LogP contribution in [0.3, 0.4) is 0 Å². The second-order valence-corrected chi connectivity index (χ2v) is 5.98. The van der Waals surface area contributed by atoms with E-state index in [2.05, 4.69) is 36.4 Å². The van der Waals surface area contributed by atoms with E-state index in [4.69, 9.17) is 0 Å². The number of pyridine rings is 1. The van der Waals surface area contributed by atoms with Gasteiger partial charge in [0.05, 0.1) is 0 Å². The molecule has 0 spiro atoms. The van der Waals surface area contributed by atoms with Crippen molar-refractivity contribution in [2.45, 2.75) is 46.5 Å². The molecule has 0 radical (unpaired) electrons. The second-order valence-electron chi connectivity index (χ2n) is 5.98. The zero-order chi connectivity index (χ0) is 15.0. The molecule has 0 aromatic carbocycles. The SMILES string of the molecule is CCCCCC(C)(C)CNC(=O)c1cc(NC)ccn1. The van der Waals surface area contributed by atoms with Crippen LogP contribution in [0.25, 0.3) is 0 Å². The molecule has 1 rings (SSSR count). The third-order valence-corrected chi connectivity index (χ3v) is 3.47. The molecule has 4 heteroatoms. The third-order valence-electron chi connectivity index (χ3n) is 3.47. The quantitative estimate of drug-likeness (QED) is 0.715. The summed E-state index contributed by atoms with van der Waals surface area (Å²) in [6, 6.07) is 3.60. The van der Waals surface area contributed by atoms with Crippen molar-refractivity contribution < 1.29 is 4.79 Å². The number of unbranched alkanes of at least 4 members (excludes halogenated alkanes) is 2. The van der Waals surface area contributed by atoms with E-state index < -0.39 is 0 Å². The van der Waals surface area contributed by atoms with E-state index in [1.807, 2.05) is 13.1 Å². The number of rotatable bonds is 8. The maximum absolute atomic E-state index is 12.1. The highest BCUT2D eigenvalue weighted by molar-refractivity contribution is 5.93. The predicted octanol–water partition coefficient (Wildman–Crippen LogP) is 3.46. The summed E-state index contributed by atoms with van der Waals surface area (Å²) < 4.78 is 0. The largest absolute Gasteiger partial charge is 0.388 e. The molecule has 0 aliphatic rings. The predicted molar refractivity (Wildman–Crippen MR) is 84.0 cm³/mol. The van der Waals surface area contributed by atoms with Gasteiger partial charge in [0, 0.05) is 25.5 Å². The van der Waals surface area contributed by atoms with Gasteiger partial charge in [-0.25, -0.2) is 0 Å². The molecule has 0 saturated heterocycles. The van der Waals surface area contributed by atoms with E-state index in [1.54, 1.807) is 12.3 Å². The zero-order valence-corrected chi connectivity index (χ0v) is 13.1. The lowest BCUT2D eigenvalue weighted by molar-refractivity contribution is 0.0929. The lowest BCUT2D eigenvalue weighted by Gasteiger charge is -2.24. The van der Waals surface area contributed by atoms with E-state index in [0.29, 0.717) is 12.2 Å². The third kappa shape index (κ3) is 5.59. The van der Waals surface area contributed by atoms with Crippen molar-refractivity contribution in [3.8, 4) is 0 Å². The molecule has 1 heterocycles. The molecule has 0 fully saturated rings. The Balaban J connectivity index is 2.49. The van der Waals surface area contributed by atoms with Crippen LogP contribution in [0.15, 0.2) is 18.3 Å². The monoisotopic (exact) mass is 277 g/mol. The fraction of sp³-hybridized carbons (Fsp3) is 0.625. The van der Waals surface area contributed by atoms with Crippen LogP contribution in [-0.4, -0.2) is 24.5 Å². The number of carbonyl (C=O) groups excluding carboxylic acids is 1. The molecule has 0 aliphatic carbocycles. The number of carbonyl (C=O) groups is 1. The summed E-state index contributed by atoms with van der Waals surface area (Å²) in [5, 5.41) is 6.00. The van der Waals surface area contributed by atoms with Crippen molar-refractivity contribution >= 4 is 11.6 Å². The number of anilines is 1. The maximum Gasteiger partial charge on any atom is 0.269 e. The fourth-order valence-corrected chi connectivity index (χ4v) is 2.06. The molecule has 2 N–H and O–H groups in total. The Morgan fingerprint density at radius 2 is 2.10 bits per heavy atom. The minimum absolute atomic E-state index is 0.106.